The first-order valence-electron chi connectivity index (χ1n) is 13.7. The Balaban J connectivity index is 1.01. The summed E-state index contributed by atoms with van der Waals surface area (Å²) in [7, 11) is 0. The van der Waals surface area contributed by atoms with Crippen molar-refractivity contribution in [3.05, 3.63) is 69.8 Å². The molecule has 176 valence electrons. The van der Waals surface area contributed by atoms with E-state index in [1.54, 1.807) is 27.8 Å². The molecule has 4 aliphatic rings. The van der Waals surface area contributed by atoms with E-state index in [9.17, 15) is 0 Å². The van der Waals surface area contributed by atoms with Gasteiger partial charge in [-0.15, -0.1) is 0 Å². The molecule has 0 spiro atoms. The molecule has 2 aliphatic heterocycles. The van der Waals surface area contributed by atoms with E-state index in [2.05, 4.69) is 67.0 Å². The van der Waals surface area contributed by atoms with Gasteiger partial charge in [0.15, 0.2) is 0 Å². The van der Waals surface area contributed by atoms with Crippen molar-refractivity contribution in [2.75, 3.05) is 13.1 Å². The molecule has 0 N–H and O–H groups in total. The predicted octanol–water partition coefficient (Wildman–Crippen LogP) is 6.66. The van der Waals surface area contributed by atoms with Crippen LogP contribution < -0.4 is 0 Å². The molecule has 2 aromatic rings. The Kier molecular flexibility index (Phi) is 5.87. The van der Waals surface area contributed by atoms with Crippen molar-refractivity contribution in [2.24, 2.45) is 5.92 Å². The smallest absolute Gasteiger partial charge is 0.0239 e. The van der Waals surface area contributed by atoms with Crippen LogP contribution in [0, 0.1) is 5.92 Å². The molecule has 1 unspecified atom stereocenters. The summed E-state index contributed by atoms with van der Waals surface area (Å²) in [6, 6.07) is 16.4. The lowest BCUT2D eigenvalue weighted by Crippen LogP contribution is -2.47. The number of nitrogens with zero attached hydrogens (tertiary/aromatic N) is 2. The second kappa shape index (κ2) is 8.86. The number of hydrogen-bond acceptors (Lipinski definition) is 2. The van der Waals surface area contributed by atoms with Gasteiger partial charge in [0, 0.05) is 38.3 Å². The van der Waals surface area contributed by atoms with Crippen molar-refractivity contribution in [1.82, 2.24) is 9.80 Å². The lowest BCUT2D eigenvalue weighted by atomic mass is 9.73. The van der Waals surface area contributed by atoms with Crippen LogP contribution in [0.5, 0.6) is 0 Å². The number of benzene rings is 2. The van der Waals surface area contributed by atoms with E-state index >= 15 is 0 Å². The first-order chi connectivity index (χ1) is 16.0. The molecule has 33 heavy (non-hydrogen) atoms. The van der Waals surface area contributed by atoms with Crippen LogP contribution in [-0.4, -0.2) is 35.0 Å². The molecular weight excluding hydrogens is 400 g/mol. The lowest BCUT2D eigenvalue weighted by molar-refractivity contribution is 0.0606. The SMILES string of the molecule is CC(C)c1ccc2c(c1)CCN(C1CC(CC(C)c3ccc4c(c3)CCN(C3CC3)C4)C1)C2. The van der Waals surface area contributed by atoms with E-state index in [-0.39, 0.29) is 0 Å². The summed E-state index contributed by atoms with van der Waals surface area (Å²) in [5.41, 5.74) is 9.51. The summed E-state index contributed by atoms with van der Waals surface area (Å²) < 4.78 is 0. The van der Waals surface area contributed by atoms with Crippen molar-refractivity contribution in [1.29, 1.82) is 0 Å². The highest BCUT2D eigenvalue weighted by Gasteiger charge is 2.36. The van der Waals surface area contributed by atoms with Crippen LogP contribution in [-0.2, 0) is 25.9 Å². The molecule has 0 saturated heterocycles. The predicted molar refractivity (Wildman–Crippen MR) is 138 cm³/mol. The van der Waals surface area contributed by atoms with Crippen LogP contribution in [0.15, 0.2) is 36.4 Å². The Labute approximate surface area is 201 Å². The van der Waals surface area contributed by atoms with Crippen molar-refractivity contribution in [2.45, 2.75) is 103 Å². The van der Waals surface area contributed by atoms with Crippen LogP contribution in [0.3, 0.4) is 0 Å². The number of rotatable bonds is 6. The number of fused-ring (bicyclic) bond motifs is 2. The summed E-state index contributed by atoms with van der Waals surface area (Å²) in [6.45, 7) is 12.0. The van der Waals surface area contributed by atoms with Crippen LogP contribution in [0.4, 0.5) is 0 Å². The van der Waals surface area contributed by atoms with E-state index < -0.39 is 0 Å². The molecule has 0 radical (unpaired) electrons. The Morgan fingerprint density at radius 1 is 0.727 bits per heavy atom. The van der Waals surface area contributed by atoms with Gasteiger partial charge in [-0.3, -0.25) is 9.80 Å². The highest BCUT2D eigenvalue weighted by atomic mass is 15.2. The molecule has 2 heteroatoms. The van der Waals surface area contributed by atoms with Gasteiger partial charge in [-0.05, 0) is 96.1 Å². The normalized spacial score (nSPS) is 26.5. The second-order valence-corrected chi connectivity index (χ2v) is 12.0. The average molecular weight is 443 g/mol. The third kappa shape index (κ3) is 4.54. The zero-order chi connectivity index (χ0) is 22.5. The van der Waals surface area contributed by atoms with E-state index in [1.807, 2.05) is 0 Å². The topological polar surface area (TPSA) is 6.48 Å². The molecule has 0 aromatic heterocycles. The van der Waals surface area contributed by atoms with Gasteiger partial charge in [0.25, 0.3) is 0 Å². The minimum atomic E-state index is 0.634. The molecule has 2 nitrogen and oxygen atoms in total. The summed E-state index contributed by atoms with van der Waals surface area (Å²) >= 11 is 0. The van der Waals surface area contributed by atoms with Crippen molar-refractivity contribution < 1.29 is 0 Å². The van der Waals surface area contributed by atoms with Crippen molar-refractivity contribution >= 4 is 0 Å². The Morgan fingerprint density at radius 2 is 1.30 bits per heavy atom. The molecule has 2 aliphatic carbocycles. The fraction of sp³-hybridized carbons (Fsp3) is 0.613. The third-order valence-corrected chi connectivity index (χ3v) is 9.26. The molecule has 6 rings (SSSR count). The largest absolute Gasteiger partial charge is 0.296 e. The minimum absolute atomic E-state index is 0.634. The molecule has 2 heterocycles. The molecule has 2 aromatic carbocycles. The standard InChI is InChI=1S/C31H42N2/c1-21(2)24-4-6-28-20-33(13-11-26(28)17-24)31-15-23(16-31)14-22(3)25-5-7-29-19-32(30-8-9-30)12-10-27(29)18-25/h4-7,17-18,21-23,30-31H,8-16,19-20H2,1-3H3. The molecule has 0 amide bonds. The van der Waals surface area contributed by atoms with Gasteiger partial charge in [-0.1, -0.05) is 57.2 Å². The Morgan fingerprint density at radius 3 is 1.91 bits per heavy atom. The van der Waals surface area contributed by atoms with Gasteiger partial charge in [-0.25, -0.2) is 0 Å². The first-order valence-corrected chi connectivity index (χ1v) is 13.7. The first kappa shape index (κ1) is 21.9. The van der Waals surface area contributed by atoms with Crippen LogP contribution >= 0.6 is 0 Å². The summed E-state index contributed by atoms with van der Waals surface area (Å²) in [4.78, 5) is 5.49. The molecule has 2 saturated carbocycles. The highest BCUT2D eigenvalue weighted by molar-refractivity contribution is 5.36. The maximum absolute atomic E-state index is 2.78. The second-order valence-electron chi connectivity index (χ2n) is 12.0. The monoisotopic (exact) mass is 442 g/mol. The van der Waals surface area contributed by atoms with E-state index in [0.717, 1.165) is 18.0 Å². The minimum Gasteiger partial charge on any atom is -0.296 e. The van der Waals surface area contributed by atoms with E-state index in [0.29, 0.717) is 11.8 Å². The van der Waals surface area contributed by atoms with Gasteiger partial charge in [0.05, 0.1) is 0 Å². The zero-order valence-electron chi connectivity index (χ0n) is 21.0. The van der Waals surface area contributed by atoms with Gasteiger partial charge in [0.2, 0.25) is 0 Å². The number of hydrogen-bond donors (Lipinski definition) is 0. The molecule has 1 atom stereocenters. The van der Waals surface area contributed by atoms with E-state index in [4.69, 9.17) is 0 Å². The molecule has 2 fully saturated rings. The quantitative estimate of drug-likeness (QED) is 0.493. The van der Waals surface area contributed by atoms with Crippen LogP contribution in [0.1, 0.15) is 98.1 Å². The average Bonchev–Trinajstić information content (AvgIpc) is 3.65. The maximum Gasteiger partial charge on any atom is 0.0239 e. The fourth-order valence-corrected chi connectivity index (χ4v) is 6.75. The van der Waals surface area contributed by atoms with Crippen molar-refractivity contribution in [3.8, 4) is 0 Å². The molecule has 0 bridgehead atoms. The summed E-state index contributed by atoms with van der Waals surface area (Å²) in [5.74, 6) is 2.24. The van der Waals surface area contributed by atoms with Gasteiger partial charge < -0.3 is 0 Å². The highest BCUT2D eigenvalue weighted by Crippen LogP contribution is 2.41. The summed E-state index contributed by atoms with van der Waals surface area (Å²) in [5, 5.41) is 0. The maximum atomic E-state index is 2.78. The fourth-order valence-electron chi connectivity index (χ4n) is 6.75. The van der Waals surface area contributed by atoms with Crippen LogP contribution in [0.25, 0.3) is 0 Å². The van der Waals surface area contributed by atoms with Crippen LogP contribution in [0.2, 0.25) is 0 Å². The Hall–Kier alpha value is -1.64. The van der Waals surface area contributed by atoms with Crippen molar-refractivity contribution in [3.63, 3.8) is 0 Å². The molecular formula is C31H42N2. The van der Waals surface area contributed by atoms with E-state index in [1.165, 1.54) is 76.7 Å². The zero-order valence-corrected chi connectivity index (χ0v) is 21.0. The van der Waals surface area contributed by atoms with Gasteiger partial charge >= 0.3 is 0 Å². The summed E-state index contributed by atoms with van der Waals surface area (Å²) in [6.07, 6.45) is 9.53. The third-order valence-electron chi connectivity index (χ3n) is 9.26. The van der Waals surface area contributed by atoms with Gasteiger partial charge in [-0.2, -0.15) is 0 Å². The Bertz CT molecular complexity index is 998. The lowest BCUT2D eigenvalue weighted by Gasteiger charge is -2.45. The van der Waals surface area contributed by atoms with Gasteiger partial charge in [0.1, 0.15) is 0 Å².